The van der Waals surface area contributed by atoms with Gasteiger partial charge in [-0.15, -0.1) is 0 Å². The maximum Gasteiger partial charge on any atom is 0.407 e. The number of carbonyl (C=O) groups excluding carboxylic acids is 4. The SMILES string of the molecule is CC(C)(C)OC(=O)NCCNC(=O)OC(CCC(=O)OCc1ccccc1)CCC(=O)OCc1ccccc1. The maximum atomic E-state index is 12.3. The number of benzene rings is 2. The molecule has 0 radical (unpaired) electrons. The van der Waals surface area contributed by atoms with Crippen LogP contribution in [0.4, 0.5) is 9.59 Å². The Balaban J connectivity index is 1.79. The van der Waals surface area contributed by atoms with Crippen LogP contribution in [0.3, 0.4) is 0 Å². The number of rotatable bonds is 14. The lowest BCUT2D eigenvalue weighted by Gasteiger charge is -2.20. The van der Waals surface area contributed by atoms with Gasteiger partial charge in [-0.2, -0.15) is 0 Å². The van der Waals surface area contributed by atoms with E-state index in [4.69, 9.17) is 18.9 Å². The normalized spacial score (nSPS) is 10.9. The zero-order chi connectivity index (χ0) is 28.5. The molecule has 0 unspecified atom stereocenters. The number of esters is 2. The molecule has 0 saturated carbocycles. The number of hydrogen-bond donors (Lipinski definition) is 2. The van der Waals surface area contributed by atoms with Crippen molar-refractivity contribution in [2.24, 2.45) is 0 Å². The second-order valence-electron chi connectivity index (χ2n) is 9.75. The van der Waals surface area contributed by atoms with Gasteiger partial charge in [-0.1, -0.05) is 60.7 Å². The Morgan fingerprint density at radius 3 is 1.56 bits per heavy atom. The number of alkyl carbamates (subject to hydrolysis) is 2. The summed E-state index contributed by atoms with van der Waals surface area (Å²) in [6.45, 7) is 5.76. The first kappa shape index (κ1) is 31.1. The molecule has 0 aromatic heterocycles. The number of amides is 2. The lowest BCUT2D eigenvalue weighted by atomic mass is 10.1. The van der Waals surface area contributed by atoms with Crippen molar-refractivity contribution in [1.82, 2.24) is 10.6 Å². The number of carbonyl (C=O) groups is 4. The van der Waals surface area contributed by atoms with Crippen LogP contribution in [-0.4, -0.2) is 48.9 Å². The molecule has 0 fully saturated rings. The van der Waals surface area contributed by atoms with Crippen LogP contribution in [0.1, 0.15) is 57.6 Å². The highest BCUT2D eigenvalue weighted by molar-refractivity contribution is 5.71. The van der Waals surface area contributed by atoms with Crippen molar-refractivity contribution in [3.8, 4) is 0 Å². The molecule has 0 aliphatic rings. The maximum absolute atomic E-state index is 12.3. The summed E-state index contributed by atoms with van der Waals surface area (Å²) in [5.74, 6) is -0.887. The van der Waals surface area contributed by atoms with Crippen LogP contribution in [0.15, 0.2) is 60.7 Å². The average Bonchev–Trinajstić information content (AvgIpc) is 2.90. The lowest BCUT2D eigenvalue weighted by molar-refractivity contribution is -0.145. The first-order chi connectivity index (χ1) is 18.6. The predicted molar refractivity (Wildman–Crippen MR) is 143 cm³/mol. The van der Waals surface area contributed by atoms with E-state index >= 15 is 0 Å². The van der Waals surface area contributed by atoms with E-state index in [0.717, 1.165) is 11.1 Å². The predicted octanol–water partition coefficient (Wildman–Crippen LogP) is 4.65. The van der Waals surface area contributed by atoms with Gasteiger partial charge < -0.3 is 29.6 Å². The third kappa shape index (κ3) is 15.1. The van der Waals surface area contributed by atoms with Crippen LogP contribution in [0.25, 0.3) is 0 Å². The van der Waals surface area contributed by atoms with Crippen LogP contribution in [0.5, 0.6) is 0 Å². The standard InChI is InChI=1S/C29H38N2O8/c1-29(2,3)39-28(35)31-19-18-30-27(34)38-24(14-16-25(32)36-20-22-10-6-4-7-11-22)15-17-26(33)37-21-23-12-8-5-9-13-23/h4-13,24H,14-21H2,1-3H3,(H,30,34)(H,31,35). The van der Waals surface area contributed by atoms with E-state index in [2.05, 4.69) is 10.6 Å². The molecular weight excluding hydrogens is 504 g/mol. The van der Waals surface area contributed by atoms with E-state index in [1.165, 1.54) is 0 Å². The van der Waals surface area contributed by atoms with Gasteiger partial charge in [0.15, 0.2) is 0 Å². The zero-order valence-corrected chi connectivity index (χ0v) is 22.8. The van der Waals surface area contributed by atoms with Gasteiger partial charge >= 0.3 is 24.1 Å². The lowest BCUT2D eigenvalue weighted by Crippen LogP contribution is -2.38. The molecule has 0 atom stereocenters. The van der Waals surface area contributed by atoms with Crippen LogP contribution >= 0.6 is 0 Å². The Morgan fingerprint density at radius 2 is 1.13 bits per heavy atom. The van der Waals surface area contributed by atoms with E-state index in [1.807, 2.05) is 60.7 Å². The van der Waals surface area contributed by atoms with Crippen LogP contribution in [-0.2, 0) is 41.8 Å². The molecule has 10 heteroatoms. The van der Waals surface area contributed by atoms with Crippen molar-refractivity contribution in [2.45, 2.75) is 71.4 Å². The van der Waals surface area contributed by atoms with Crippen molar-refractivity contribution in [1.29, 1.82) is 0 Å². The van der Waals surface area contributed by atoms with E-state index < -0.39 is 35.8 Å². The molecule has 2 N–H and O–H groups in total. The van der Waals surface area contributed by atoms with Crippen LogP contribution in [0.2, 0.25) is 0 Å². The molecule has 0 heterocycles. The molecule has 212 valence electrons. The fourth-order valence-electron chi connectivity index (χ4n) is 3.28. The number of nitrogens with one attached hydrogen (secondary N) is 2. The molecule has 0 saturated heterocycles. The van der Waals surface area contributed by atoms with E-state index in [0.29, 0.717) is 0 Å². The van der Waals surface area contributed by atoms with Gasteiger partial charge in [0.1, 0.15) is 24.9 Å². The van der Waals surface area contributed by atoms with Gasteiger partial charge in [0, 0.05) is 25.9 Å². The van der Waals surface area contributed by atoms with Gasteiger partial charge in [0.05, 0.1) is 0 Å². The van der Waals surface area contributed by atoms with Crippen molar-refractivity contribution >= 4 is 24.1 Å². The highest BCUT2D eigenvalue weighted by Gasteiger charge is 2.20. The summed E-state index contributed by atoms with van der Waals surface area (Å²) in [5.41, 5.74) is 1.09. The molecule has 2 aromatic carbocycles. The van der Waals surface area contributed by atoms with Gasteiger partial charge in [-0.05, 0) is 44.7 Å². The van der Waals surface area contributed by atoms with Gasteiger partial charge in [-0.25, -0.2) is 9.59 Å². The van der Waals surface area contributed by atoms with Crippen molar-refractivity contribution < 1.29 is 38.1 Å². The third-order valence-corrected chi connectivity index (χ3v) is 5.16. The summed E-state index contributed by atoms with van der Waals surface area (Å²) < 4.78 is 21.2. The molecule has 2 rings (SSSR count). The van der Waals surface area contributed by atoms with Crippen molar-refractivity contribution in [2.75, 3.05) is 13.1 Å². The number of hydrogen-bond acceptors (Lipinski definition) is 8. The summed E-state index contributed by atoms with van der Waals surface area (Å²) in [7, 11) is 0. The monoisotopic (exact) mass is 542 g/mol. The first-order valence-corrected chi connectivity index (χ1v) is 12.9. The summed E-state index contributed by atoms with van der Waals surface area (Å²) in [4.78, 5) is 48.5. The quantitative estimate of drug-likeness (QED) is 0.200. The minimum atomic E-state index is -0.735. The Bertz CT molecular complexity index is 979. The summed E-state index contributed by atoms with van der Waals surface area (Å²) in [6, 6.07) is 18.6. The smallest absolute Gasteiger partial charge is 0.407 e. The highest BCUT2D eigenvalue weighted by Crippen LogP contribution is 2.13. The van der Waals surface area contributed by atoms with Gasteiger partial charge in [-0.3, -0.25) is 9.59 Å². The Kier molecular flexibility index (Phi) is 13.3. The van der Waals surface area contributed by atoms with E-state index in [-0.39, 0.29) is 52.0 Å². The molecule has 0 bridgehead atoms. The highest BCUT2D eigenvalue weighted by atomic mass is 16.6. The molecule has 39 heavy (non-hydrogen) atoms. The zero-order valence-electron chi connectivity index (χ0n) is 22.8. The number of ether oxygens (including phenoxy) is 4. The third-order valence-electron chi connectivity index (χ3n) is 5.16. The minimum Gasteiger partial charge on any atom is -0.461 e. The van der Waals surface area contributed by atoms with E-state index in [1.54, 1.807) is 20.8 Å². The largest absolute Gasteiger partial charge is 0.461 e. The van der Waals surface area contributed by atoms with Crippen molar-refractivity contribution in [3.05, 3.63) is 71.8 Å². The van der Waals surface area contributed by atoms with Crippen molar-refractivity contribution in [3.63, 3.8) is 0 Å². The summed E-state index contributed by atoms with van der Waals surface area (Å²) in [5, 5.41) is 5.07. The molecular formula is C29H38N2O8. The Hall–Kier alpha value is -4.08. The second-order valence-corrected chi connectivity index (χ2v) is 9.75. The summed E-state index contributed by atoms with van der Waals surface area (Å²) >= 11 is 0. The Morgan fingerprint density at radius 1 is 0.692 bits per heavy atom. The minimum absolute atomic E-state index is 0.00401. The molecule has 0 aliphatic heterocycles. The topological polar surface area (TPSA) is 129 Å². The molecule has 2 aromatic rings. The fraction of sp³-hybridized carbons (Fsp3) is 0.448. The second kappa shape index (κ2) is 16.7. The Labute approximate surface area is 229 Å². The van der Waals surface area contributed by atoms with Gasteiger partial charge in [0.2, 0.25) is 0 Å². The fourth-order valence-corrected chi connectivity index (χ4v) is 3.28. The molecule has 2 amide bonds. The summed E-state index contributed by atoms with van der Waals surface area (Å²) in [6.07, 6.45) is -1.71. The van der Waals surface area contributed by atoms with Crippen LogP contribution < -0.4 is 10.6 Å². The van der Waals surface area contributed by atoms with Gasteiger partial charge in [0.25, 0.3) is 0 Å². The average molecular weight is 543 g/mol. The first-order valence-electron chi connectivity index (χ1n) is 12.9. The van der Waals surface area contributed by atoms with E-state index in [9.17, 15) is 19.2 Å². The molecule has 0 aliphatic carbocycles. The van der Waals surface area contributed by atoms with Crippen LogP contribution in [0, 0.1) is 0 Å². The molecule has 10 nitrogen and oxygen atoms in total. The molecule has 0 spiro atoms.